The second-order valence-corrected chi connectivity index (χ2v) is 2.67. The summed E-state index contributed by atoms with van der Waals surface area (Å²) in [6.07, 6.45) is 8.60. The third-order valence-electron chi connectivity index (χ3n) is 1.60. The Morgan fingerprint density at radius 1 is 1.57 bits per heavy atom. The maximum Gasteiger partial charge on any atom is 0.103 e. The highest BCUT2D eigenvalue weighted by Crippen LogP contribution is 2.00. The minimum Gasteiger partial charge on any atom is -0.341 e. The summed E-state index contributed by atoms with van der Waals surface area (Å²) < 4.78 is 0. The number of hydrogen-bond donors (Lipinski definition) is 1. The standard InChI is InChI=1S/C11H13N3/c1-4-6-7-10(12-5-2)11-8-13-9(3)14-11/h4-8H,1-2H2,3H3,(H,13,14)/b7-6-,12-10?. The predicted molar refractivity (Wildman–Crippen MR) is 59.4 cm³/mol. The molecule has 1 rings (SSSR count). The zero-order chi connectivity index (χ0) is 10.4. The highest BCUT2D eigenvalue weighted by Gasteiger charge is 2.00. The van der Waals surface area contributed by atoms with Crippen LogP contribution in [0.25, 0.3) is 0 Å². The summed E-state index contributed by atoms with van der Waals surface area (Å²) in [7, 11) is 0. The number of aryl methyl sites for hydroxylation is 1. The fourth-order valence-electron chi connectivity index (χ4n) is 1.01. The maximum atomic E-state index is 4.12. The molecule has 0 unspecified atom stereocenters. The summed E-state index contributed by atoms with van der Waals surface area (Å²) in [6, 6.07) is 0. The van der Waals surface area contributed by atoms with E-state index in [2.05, 4.69) is 28.1 Å². The molecular weight excluding hydrogens is 174 g/mol. The second kappa shape index (κ2) is 4.97. The predicted octanol–water partition coefficient (Wildman–Crippen LogP) is 2.39. The van der Waals surface area contributed by atoms with Crippen molar-refractivity contribution in [3.8, 4) is 0 Å². The molecule has 3 heteroatoms. The minimum absolute atomic E-state index is 0.792. The number of rotatable bonds is 4. The van der Waals surface area contributed by atoms with Crippen LogP contribution in [0.4, 0.5) is 0 Å². The quantitative estimate of drug-likeness (QED) is 0.570. The number of aromatic nitrogens is 2. The Kier molecular flexibility index (Phi) is 3.61. The van der Waals surface area contributed by atoms with Gasteiger partial charge in [-0.05, 0) is 13.0 Å². The van der Waals surface area contributed by atoms with Crippen LogP contribution in [-0.2, 0) is 0 Å². The Morgan fingerprint density at radius 3 is 2.86 bits per heavy atom. The number of hydrogen-bond acceptors (Lipinski definition) is 2. The molecule has 3 nitrogen and oxygen atoms in total. The van der Waals surface area contributed by atoms with Gasteiger partial charge in [0.2, 0.25) is 0 Å². The van der Waals surface area contributed by atoms with E-state index in [1.165, 1.54) is 6.20 Å². The SMILES string of the molecule is C=C/C=C\C(=NC=C)c1cnc(C)[nH]1. The smallest absolute Gasteiger partial charge is 0.103 e. The molecule has 1 aromatic rings. The minimum atomic E-state index is 0.792. The Morgan fingerprint density at radius 2 is 2.36 bits per heavy atom. The zero-order valence-electron chi connectivity index (χ0n) is 8.20. The van der Waals surface area contributed by atoms with Gasteiger partial charge in [-0.2, -0.15) is 0 Å². The lowest BCUT2D eigenvalue weighted by Gasteiger charge is -1.94. The molecule has 14 heavy (non-hydrogen) atoms. The summed E-state index contributed by atoms with van der Waals surface area (Å²) in [5, 5.41) is 0. The fraction of sp³-hybridized carbons (Fsp3) is 0.0909. The Labute approximate surface area is 83.6 Å². The van der Waals surface area contributed by atoms with Crippen molar-refractivity contribution in [3.05, 3.63) is 55.3 Å². The molecule has 0 aromatic carbocycles. The van der Waals surface area contributed by atoms with Gasteiger partial charge in [0.25, 0.3) is 0 Å². The van der Waals surface area contributed by atoms with Crippen LogP contribution in [0, 0.1) is 6.92 Å². The summed E-state index contributed by atoms with van der Waals surface area (Å²) >= 11 is 0. The van der Waals surface area contributed by atoms with Crippen LogP contribution in [0.2, 0.25) is 0 Å². The number of aromatic amines is 1. The molecule has 72 valence electrons. The molecule has 0 bridgehead atoms. The third-order valence-corrected chi connectivity index (χ3v) is 1.60. The van der Waals surface area contributed by atoms with Gasteiger partial charge in [0.1, 0.15) is 5.82 Å². The number of allylic oxidation sites excluding steroid dienone is 3. The summed E-state index contributed by atoms with van der Waals surface area (Å²) in [6.45, 7) is 9.05. The lowest BCUT2D eigenvalue weighted by atomic mass is 10.2. The molecule has 0 spiro atoms. The molecule has 0 aliphatic carbocycles. The molecule has 0 fully saturated rings. The Balaban J connectivity index is 3.00. The summed E-state index contributed by atoms with van der Waals surface area (Å²) in [5.74, 6) is 0.865. The number of H-pyrrole nitrogens is 1. The molecular formula is C11H13N3. The van der Waals surface area contributed by atoms with Gasteiger partial charge in [-0.15, -0.1) is 0 Å². The molecule has 0 saturated heterocycles. The Hall–Kier alpha value is -1.90. The molecule has 1 aromatic heterocycles. The van der Waals surface area contributed by atoms with Crippen LogP contribution >= 0.6 is 0 Å². The van der Waals surface area contributed by atoms with Crippen LogP contribution in [0.15, 0.2) is 48.8 Å². The monoisotopic (exact) mass is 187 g/mol. The van der Waals surface area contributed by atoms with Gasteiger partial charge in [0.05, 0.1) is 17.6 Å². The van der Waals surface area contributed by atoms with Gasteiger partial charge in [-0.25, -0.2) is 4.98 Å². The van der Waals surface area contributed by atoms with Crippen molar-refractivity contribution in [1.29, 1.82) is 0 Å². The molecule has 0 saturated carbocycles. The lowest BCUT2D eigenvalue weighted by molar-refractivity contribution is 1.14. The van der Waals surface area contributed by atoms with Gasteiger partial charge in [-0.1, -0.05) is 25.3 Å². The summed E-state index contributed by atoms with van der Waals surface area (Å²) in [4.78, 5) is 11.3. The van der Waals surface area contributed by atoms with Crippen LogP contribution in [-0.4, -0.2) is 15.7 Å². The van der Waals surface area contributed by atoms with Crippen molar-refractivity contribution in [2.45, 2.75) is 6.92 Å². The molecule has 0 aliphatic rings. The highest BCUT2D eigenvalue weighted by molar-refractivity contribution is 6.07. The largest absolute Gasteiger partial charge is 0.341 e. The van der Waals surface area contributed by atoms with E-state index in [-0.39, 0.29) is 0 Å². The van der Waals surface area contributed by atoms with Crippen molar-refractivity contribution in [2.75, 3.05) is 0 Å². The molecule has 1 heterocycles. The number of nitrogens with one attached hydrogen (secondary N) is 1. The molecule has 0 aliphatic heterocycles. The highest BCUT2D eigenvalue weighted by atomic mass is 14.9. The van der Waals surface area contributed by atoms with Crippen LogP contribution in [0.1, 0.15) is 11.5 Å². The van der Waals surface area contributed by atoms with E-state index in [1.54, 1.807) is 12.3 Å². The van der Waals surface area contributed by atoms with Gasteiger partial charge >= 0.3 is 0 Å². The van der Waals surface area contributed by atoms with Crippen LogP contribution in [0.5, 0.6) is 0 Å². The number of imidazole rings is 1. The van der Waals surface area contributed by atoms with Crippen molar-refractivity contribution in [2.24, 2.45) is 4.99 Å². The fourth-order valence-corrected chi connectivity index (χ4v) is 1.01. The molecule has 0 amide bonds. The van der Waals surface area contributed by atoms with E-state index in [1.807, 2.05) is 19.1 Å². The number of nitrogens with zero attached hydrogens (tertiary/aromatic N) is 2. The van der Waals surface area contributed by atoms with Crippen molar-refractivity contribution in [3.63, 3.8) is 0 Å². The van der Waals surface area contributed by atoms with Crippen molar-refractivity contribution in [1.82, 2.24) is 9.97 Å². The first-order valence-corrected chi connectivity index (χ1v) is 4.27. The number of aliphatic imine (C=N–C) groups is 1. The molecule has 0 atom stereocenters. The molecule has 1 N–H and O–H groups in total. The average molecular weight is 187 g/mol. The maximum absolute atomic E-state index is 4.12. The normalized spacial score (nSPS) is 11.9. The first-order valence-electron chi connectivity index (χ1n) is 4.27. The van der Waals surface area contributed by atoms with Gasteiger partial charge in [0.15, 0.2) is 0 Å². The zero-order valence-corrected chi connectivity index (χ0v) is 8.20. The van der Waals surface area contributed by atoms with Gasteiger partial charge in [-0.3, -0.25) is 4.99 Å². The lowest BCUT2D eigenvalue weighted by Crippen LogP contribution is -1.96. The van der Waals surface area contributed by atoms with E-state index in [0.29, 0.717) is 0 Å². The first kappa shape index (κ1) is 10.2. The second-order valence-electron chi connectivity index (χ2n) is 2.67. The van der Waals surface area contributed by atoms with Gasteiger partial charge in [0, 0.05) is 6.20 Å². The van der Waals surface area contributed by atoms with E-state index >= 15 is 0 Å². The van der Waals surface area contributed by atoms with Crippen molar-refractivity contribution >= 4 is 5.71 Å². The average Bonchev–Trinajstić information content (AvgIpc) is 2.59. The van der Waals surface area contributed by atoms with E-state index in [0.717, 1.165) is 17.2 Å². The van der Waals surface area contributed by atoms with Crippen LogP contribution < -0.4 is 0 Å². The van der Waals surface area contributed by atoms with Crippen LogP contribution in [0.3, 0.4) is 0 Å². The topological polar surface area (TPSA) is 41.0 Å². The Bertz CT molecular complexity index is 383. The summed E-state index contributed by atoms with van der Waals surface area (Å²) in [5.41, 5.74) is 1.67. The van der Waals surface area contributed by atoms with E-state index in [4.69, 9.17) is 0 Å². The van der Waals surface area contributed by atoms with E-state index in [9.17, 15) is 0 Å². The molecule has 0 radical (unpaired) electrons. The van der Waals surface area contributed by atoms with Crippen molar-refractivity contribution < 1.29 is 0 Å². The third kappa shape index (κ3) is 2.55. The van der Waals surface area contributed by atoms with Gasteiger partial charge < -0.3 is 4.98 Å². The first-order chi connectivity index (χ1) is 6.77. The van der Waals surface area contributed by atoms with E-state index < -0.39 is 0 Å².